The summed E-state index contributed by atoms with van der Waals surface area (Å²) in [6.07, 6.45) is 0. The summed E-state index contributed by atoms with van der Waals surface area (Å²) in [5.41, 5.74) is 2.22. The van der Waals surface area contributed by atoms with Gasteiger partial charge in [-0.2, -0.15) is 4.98 Å². The van der Waals surface area contributed by atoms with E-state index in [1.165, 1.54) is 0 Å². The van der Waals surface area contributed by atoms with Crippen molar-refractivity contribution in [2.75, 3.05) is 7.11 Å². The fraction of sp³-hybridized carbons (Fsp3) is 0.125. The highest BCUT2D eigenvalue weighted by Crippen LogP contribution is 2.26. The lowest BCUT2D eigenvalue weighted by Crippen LogP contribution is -2.20. The van der Waals surface area contributed by atoms with Crippen LogP contribution in [0.5, 0.6) is 5.75 Å². The fourth-order valence-corrected chi connectivity index (χ4v) is 2.27. The zero-order chi connectivity index (χ0) is 14.1. The van der Waals surface area contributed by atoms with Crippen LogP contribution in [0.25, 0.3) is 22.2 Å². The minimum atomic E-state index is -0.255. The number of para-hydroxylation sites is 1. The molecule has 0 aliphatic rings. The molecule has 0 saturated heterocycles. The molecular formula is C16H14N2O2. The van der Waals surface area contributed by atoms with Crippen LogP contribution in [-0.2, 0) is 7.05 Å². The largest absolute Gasteiger partial charge is 0.497 e. The molecule has 0 fully saturated rings. The van der Waals surface area contributed by atoms with E-state index >= 15 is 0 Å². The Morgan fingerprint density at radius 2 is 1.75 bits per heavy atom. The molecule has 0 amide bonds. The normalized spacial score (nSPS) is 10.7. The Labute approximate surface area is 116 Å². The Morgan fingerprint density at radius 3 is 2.45 bits per heavy atom. The molecule has 0 unspecified atom stereocenters. The van der Waals surface area contributed by atoms with Gasteiger partial charge in [-0.05, 0) is 30.3 Å². The number of fused-ring (bicyclic) bond motifs is 1. The van der Waals surface area contributed by atoms with Crippen molar-refractivity contribution in [3.63, 3.8) is 0 Å². The molecule has 3 aromatic rings. The van der Waals surface area contributed by atoms with Crippen LogP contribution in [0.1, 0.15) is 0 Å². The van der Waals surface area contributed by atoms with Crippen molar-refractivity contribution in [1.29, 1.82) is 0 Å². The second kappa shape index (κ2) is 4.81. The number of aryl methyl sites for hydroxylation is 1. The zero-order valence-electron chi connectivity index (χ0n) is 11.3. The average Bonchev–Trinajstić information content (AvgIpc) is 2.51. The standard InChI is InChI=1S/C16H14N2O2/c1-18-14-6-4-3-5-13(14)15(17-16(18)19)11-7-9-12(20-2)10-8-11/h3-10H,1-2H3. The average molecular weight is 266 g/mol. The number of methoxy groups -OCH3 is 1. The molecule has 0 aliphatic heterocycles. The van der Waals surface area contributed by atoms with Gasteiger partial charge in [0.05, 0.1) is 18.3 Å². The number of rotatable bonds is 2. The van der Waals surface area contributed by atoms with Gasteiger partial charge in [0.1, 0.15) is 5.75 Å². The van der Waals surface area contributed by atoms with Crippen molar-refractivity contribution in [1.82, 2.24) is 9.55 Å². The molecule has 0 saturated carbocycles. The minimum Gasteiger partial charge on any atom is -0.497 e. The Hall–Kier alpha value is -2.62. The van der Waals surface area contributed by atoms with E-state index in [-0.39, 0.29) is 5.69 Å². The second-order valence-electron chi connectivity index (χ2n) is 4.55. The smallest absolute Gasteiger partial charge is 0.348 e. The summed E-state index contributed by atoms with van der Waals surface area (Å²) in [6, 6.07) is 15.3. The lowest BCUT2D eigenvalue weighted by molar-refractivity contribution is 0.415. The lowest BCUT2D eigenvalue weighted by Gasteiger charge is -2.09. The molecule has 0 radical (unpaired) electrons. The molecule has 0 spiro atoms. The molecule has 0 aliphatic carbocycles. The maximum atomic E-state index is 12.0. The first-order chi connectivity index (χ1) is 9.70. The summed E-state index contributed by atoms with van der Waals surface area (Å²) in [5, 5.41) is 0.958. The summed E-state index contributed by atoms with van der Waals surface area (Å²) in [4.78, 5) is 16.2. The predicted octanol–water partition coefficient (Wildman–Crippen LogP) is 2.61. The van der Waals surface area contributed by atoms with Crippen LogP contribution >= 0.6 is 0 Å². The maximum Gasteiger partial charge on any atom is 0.348 e. The second-order valence-corrected chi connectivity index (χ2v) is 4.55. The molecule has 0 bridgehead atoms. The van der Waals surface area contributed by atoms with Gasteiger partial charge in [-0.3, -0.25) is 4.57 Å². The topological polar surface area (TPSA) is 44.1 Å². The van der Waals surface area contributed by atoms with E-state index in [2.05, 4.69) is 4.98 Å². The van der Waals surface area contributed by atoms with Gasteiger partial charge in [0, 0.05) is 18.0 Å². The van der Waals surface area contributed by atoms with E-state index in [1.807, 2.05) is 48.5 Å². The third-order valence-corrected chi connectivity index (χ3v) is 3.38. The van der Waals surface area contributed by atoms with E-state index in [0.717, 1.165) is 22.2 Å². The molecule has 100 valence electrons. The van der Waals surface area contributed by atoms with Crippen molar-refractivity contribution >= 4 is 10.9 Å². The highest BCUT2D eigenvalue weighted by molar-refractivity contribution is 5.92. The van der Waals surface area contributed by atoms with E-state index in [0.29, 0.717) is 5.69 Å². The summed E-state index contributed by atoms with van der Waals surface area (Å²) in [7, 11) is 3.36. The van der Waals surface area contributed by atoms with Gasteiger partial charge < -0.3 is 4.74 Å². The molecular weight excluding hydrogens is 252 g/mol. The molecule has 0 atom stereocenters. The van der Waals surface area contributed by atoms with Crippen LogP contribution in [0.2, 0.25) is 0 Å². The first-order valence-corrected chi connectivity index (χ1v) is 6.31. The van der Waals surface area contributed by atoms with E-state index in [1.54, 1.807) is 18.7 Å². The third-order valence-electron chi connectivity index (χ3n) is 3.38. The summed E-state index contributed by atoms with van der Waals surface area (Å²) >= 11 is 0. The number of aromatic nitrogens is 2. The predicted molar refractivity (Wildman–Crippen MR) is 79.0 cm³/mol. The molecule has 20 heavy (non-hydrogen) atoms. The fourth-order valence-electron chi connectivity index (χ4n) is 2.27. The molecule has 1 heterocycles. The lowest BCUT2D eigenvalue weighted by atomic mass is 10.1. The molecule has 1 aromatic heterocycles. The van der Waals surface area contributed by atoms with Gasteiger partial charge in [0.25, 0.3) is 0 Å². The van der Waals surface area contributed by atoms with Crippen LogP contribution in [0.4, 0.5) is 0 Å². The summed E-state index contributed by atoms with van der Waals surface area (Å²) in [6.45, 7) is 0. The Morgan fingerprint density at radius 1 is 1.05 bits per heavy atom. The van der Waals surface area contributed by atoms with Gasteiger partial charge in [-0.15, -0.1) is 0 Å². The van der Waals surface area contributed by atoms with Crippen LogP contribution < -0.4 is 10.4 Å². The van der Waals surface area contributed by atoms with Crippen molar-refractivity contribution in [2.24, 2.45) is 7.05 Å². The van der Waals surface area contributed by atoms with Gasteiger partial charge in [0.2, 0.25) is 0 Å². The molecule has 2 aromatic carbocycles. The number of hydrogen-bond donors (Lipinski definition) is 0. The minimum absolute atomic E-state index is 0.255. The van der Waals surface area contributed by atoms with Crippen molar-refractivity contribution < 1.29 is 4.74 Å². The number of nitrogens with zero attached hydrogens (tertiary/aromatic N) is 2. The number of benzene rings is 2. The monoisotopic (exact) mass is 266 g/mol. The van der Waals surface area contributed by atoms with E-state index in [4.69, 9.17) is 4.74 Å². The first kappa shape index (κ1) is 12.4. The SMILES string of the molecule is COc1ccc(-c2nc(=O)n(C)c3ccccc23)cc1. The van der Waals surface area contributed by atoms with E-state index in [9.17, 15) is 4.79 Å². The van der Waals surface area contributed by atoms with Gasteiger partial charge in [-0.25, -0.2) is 4.79 Å². The number of hydrogen-bond acceptors (Lipinski definition) is 3. The van der Waals surface area contributed by atoms with Crippen molar-refractivity contribution in [3.8, 4) is 17.0 Å². The third kappa shape index (κ3) is 1.95. The summed E-state index contributed by atoms with van der Waals surface area (Å²) < 4.78 is 6.71. The van der Waals surface area contributed by atoms with Crippen LogP contribution in [0, 0.1) is 0 Å². The van der Waals surface area contributed by atoms with Crippen LogP contribution in [0.3, 0.4) is 0 Å². The van der Waals surface area contributed by atoms with Gasteiger partial charge in [-0.1, -0.05) is 18.2 Å². The molecule has 3 rings (SSSR count). The molecule has 4 nitrogen and oxygen atoms in total. The highest BCUT2D eigenvalue weighted by Gasteiger charge is 2.09. The Bertz CT molecular complexity index is 820. The maximum absolute atomic E-state index is 12.0. The first-order valence-electron chi connectivity index (χ1n) is 6.31. The molecule has 0 N–H and O–H groups in total. The van der Waals surface area contributed by atoms with Crippen molar-refractivity contribution in [3.05, 3.63) is 59.0 Å². The highest BCUT2D eigenvalue weighted by atomic mass is 16.5. The van der Waals surface area contributed by atoms with Gasteiger partial charge in [0.15, 0.2) is 0 Å². The summed E-state index contributed by atoms with van der Waals surface area (Å²) in [5.74, 6) is 0.780. The Balaban J connectivity index is 2.30. The van der Waals surface area contributed by atoms with Crippen molar-refractivity contribution in [2.45, 2.75) is 0 Å². The van der Waals surface area contributed by atoms with E-state index < -0.39 is 0 Å². The Kier molecular flexibility index (Phi) is 2.99. The quantitative estimate of drug-likeness (QED) is 0.716. The van der Waals surface area contributed by atoms with Gasteiger partial charge >= 0.3 is 5.69 Å². The molecule has 4 heteroatoms. The van der Waals surface area contributed by atoms with Crippen LogP contribution in [-0.4, -0.2) is 16.7 Å². The number of ether oxygens (including phenoxy) is 1. The van der Waals surface area contributed by atoms with Crippen LogP contribution in [0.15, 0.2) is 53.3 Å². The zero-order valence-corrected chi connectivity index (χ0v) is 11.3.